The third kappa shape index (κ3) is 2.33. The highest BCUT2D eigenvalue weighted by molar-refractivity contribution is 4.85. The number of likely N-dealkylation sites (N-methyl/N-ethyl adjacent to an activating group) is 1. The molecule has 0 saturated carbocycles. The van der Waals surface area contributed by atoms with E-state index in [1.807, 2.05) is 0 Å². The lowest BCUT2D eigenvalue weighted by molar-refractivity contribution is 0.540. The molecule has 0 aromatic carbocycles. The van der Waals surface area contributed by atoms with Gasteiger partial charge in [-0.05, 0) is 26.8 Å². The van der Waals surface area contributed by atoms with Gasteiger partial charge < -0.3 is 10.6 Å². The molecule has 0 aromatic heterocycles. The molecule has 0 bridgehead atoms. The SMILES string of the molecule is CC(N)CCC1CN1C. The maximum atomic E-state index is 5.60. The van der Waals surface area contributed by atoms with Crippen molar-refractivity contribution in [1.82, 2.24) is 4.90 Å². The smallest absolute Gasteiger partial charge is 0.0221 e. The highest BCUT2D eigenvalue weighted by Crippen LogP contribution is 2.18. The van der Waals surface area contributed by atoms with Gasteiger partial charge in [0.15, 0.2) is 0 Å². The maximum absolute atomic E-state index is 5.60. The summed E-state index contributed by atoms with van der Waals surface area (Å²) in [5.74, 6) is 0. The van der Waals surface area contributed by atoms with E-state index in [-0.39, 0.29) is 0 Å². The summed E-state index contributed by atoms with van der Waals surface area (Å²) in [5.41, 5.74) is 5.60. The Labute approximate surface area is 57.0 Å². The minimum Gasteiger partial charge on any atom is -0.328 e. The Balaban J connectivity index is 1.94. The summed E-state index contributed by atoms with van der Waals surface area (Å²) in [5, 5.41) is 0. The van der Waals surface area contributed by atoms with Crippen molar-refractivity contribution in [3.05, 3.63) is 0 Å². The fourth-order valence-electron chi connectivity index (χ4n) is 1.05. The van der Waals surface area contributed by atoms with E-state index in [4.69, 9.17) is 5.73 Å². The van der Waals surface area contributed by atoms with Crippen LogP contribution in [-0.2, 0) is 0 Å². The minimum atomic E-state index is 0.388. The maximum Gasteiger partial charge on any atom is 0.0221 e. The van der Waals surface area contributed by atoms with Crippen LogP contribution < -0.4 is 5.73 Å². The van der Waals surface area contributed by atoms with E-state index in [1.54, 1.807) is 0 Å². The van der Waals surface area contributed by atoms with Gasteiger partial charge in [0, 0.05) is 18.6 Å². The van der Waals surface area contributed by atoms with Crippen molar-refractivity contribution in [3.8, 4) is 0 Å². The molecule has 0 aromatic rings. The number of nitrogens with two attached hydrogens (primary N) is 1. The van der Waals surface area contributed by atoms with Crippen molar-refractivity contribution in [1.29, 1.82) is 0 Å². The van der Waals surface area contributed by atoms with Crippen LogP contribution in [0, 0.1) is 0 Å². The molecule has 1 heterocycles. The van der Waals surface area contributed by atoms with E-state index in [2.05, 4.69) is 18.9 Å². The van der Waals surface area contributed by atoms with Gasteiger partial charge in [0.1, 0.15) is 0 Å². The predicted octanol–water partition coefficient (Wildman–Crippen LogP) is 0.428. The molecular formula is C7H16N2. The van der Waals surface area contributed by atoms with Gasteiger partial charge in [-0.2, -0.15) is 0 Å². The van der Waals surface area contributed by atoms with E-state index in [0.717, 1.165) is 6.04 Å². The monoisotopic (exact) mass is 128 g/mol. The van der Waals surface area contributed by atoms with E-state index >= 15 is 0 Å². The van der Waals surface area contributed by atoms with Gasteiger partial charge in [-0.3, -0.25) is 0 Å². The average Bonchev–Trinajstić information content (AvgIpc) is 2.42. The summed E-state index contributed by atoms with van der Waals surface area (Å²) in [4.78, 5) is 2.35. The molecule has 1 aliphatic heterocycles. The molecule has 1 fully saturated rings. The molecule has 2 heteroatoms. The quantitative estimate of drug-likeness (QED) is 0.558. The lowest BCUT2D eigenvalue weighted by Gasteiger charge is -2.01. The Bertz CT molecular complexity index is 90.9. The summed E-state index contributed by atoms with van der Waals surface area (Å²) in [6, 6.07) is 1.25. The zero-order chi connectivity index (χ0) is 6.85. The molecule has 1 rings (SSSR count). The van der Waals surface area contributed by atoms with Gasteiger partial charge in [0.05, 0.1) is 0 Å². The summed E-state index contributed by atoms with van der Waals surface area (Å²) in [7, 11) is 2.16. The van der Waals surface area contributed by atoms with Crippen molar-refractivity contribution < 1.29 is 0 Å². The highest BCUT2D eigenvalue weighted by Gasteiger charge is 2.28. The summed E-state index contributed by atoms with van der Waals surface area (Å²) in [6.07, 6.45) is 2.46. The van der Waals surface area contributed by atoms with Crippen LogP contribution in [-0.4, -0.2) is 30.6 Å². The number of rotatable bonds is 3. The molecule has 0 radical (unpaired) electrons. The van der Waals surface area contributed by atoms with Crippen LogP contribution in [0.1, 0.15) is 19.8 Å². The first kappa shape index (κ1) is 7.03. The second-order valence-electron chi connectivity index (χ2n) is 3.15. The van der Waals surface area contributed by atoms with Crippen LogP contribution in [0.4, 0.5) is 0 Å². The molecule has 0 amide bonds. The first-order valence-electron chi connectivity index (χ1n) is 3.66. The Hall–Kier alpha value is -0.0800. The lowest BCUT2D eigenvalue weighted by Crippen LogP contribution is -2.15. The Morgan fingerprint density at radius 3 is 2.67 bits per heavy atom. The number of hydrogen-bond donors (Lipinski definition) is 1. The standard InChI is InChI=1S/C7H16N2/c1-6(8)3-4-7-5-9(7)2/h6-7H,3-5,8H2,1-2H3. The van der Waals surface area contributed by atoms with Crippen LogP contribution in [0.2, 0.25) is 0 Å². The number of hydrogen-bond acceptors (Lipinski definition) is 2. The molecule has 9 heavy (non-hydrogen) atoms. The van der Waals surface area contributed by atoms with Crippen molar-refractivity contribution >= 4 is 0 Å². The molecule has 3 unspecified atom stereocenters. The topological polar surface area (TPSA) is 29.0 Å². The van der Waals surface area contributed by atoms with Gasteiger partial charge >= 0.3 is 0 Å². The molecule has 3 atom stereocenters. The average molecular weight is 128 g/mol. The zero-order valence-corrected chi connectivity index (χ0v) is 6.30. The minimum absolute atomic E-state index is 0.388. The van der Waals surface area contributed by atoms with Crippen LogP contribution in [0.15, 0.2) is 0 Å². The molecule has 0 spiro atoms. The van der Waals surface area contributed by atoms with Gasteiger partial charge in [-0.15, -0.1) is 0 Å². The normalized spacial score (nSPS) is 36.3. The van der Waals surface area contributed by atoms with Crippen molar-refractivity contribution in [2.75, 3.05) is 13.6 Å². The van der Waals surface area contributed by atoms with Crippen molar-refractivity contribution in [3.63, 3.8) is 0 Å². The van der Waals surface area contributed by atoms with Crippen LogP contribution in [0.25, 0.3) is 0 Å². The molecular weight excluding hydrogens is 112 g/mol. The third-order valence-corrected chi connectivity index (χ3v) is 1.94. The van der Waals surface area contributed by atoms with Crippen LogP contribution >= 0.6 is 0 Å². The molecule has 54 valence electrons. The summed E-state index contributed by atoms with van der Waals surface area (Å²) in [6.45, 7) is 3.36. The Morgan fingerprint density at radius 2 is 2.33 bits per heavy atom. The summed E-state index contributed by atoms with van der Waals surface area (Å²) >= 11 is 0. The molecule has 1 aliphatic rings. The second kappa shape index (κ2) is 2.67. The van der Waals surface area contributed by atoms with Gasteiger partial charge in [-0.1, -0.05) is 0 Å². The van der Waals surface area contributed by atoms with Crippen molar-refractivity contribution in [2.45, 2.75) is 31.8 Å². The second-order valence-corrected chi connectivity index (χ2v) is 3.15. The van der Waals surface area contributed by atoms with Gasteiger partial charge in [-0.25, -0.2) is 0 Å². The molecule has 2 N–H and O–H groups in total. The zero-order valence-electron chi connectivity index (χ0n) is 6.30. The van der Waals surface area contributed by atoms with Gasteiger partial charge in [0.25, 0.3) is 0 Å². The van der Waals surface area contributed by atoms with E-state index in [1.165, 1.54) is 19.4 Å². The Morgan fingerprint density at radius 1 is 1.78 bits per heavy atom. The first-order chi connectivity index (χ1) is 4.20. The fraction of sp³-hybridized carbons (Fsp3) is 1.00. The van der Waals surface area contributed by atoms with E-state index in [9.17, 15) is 0 Å². The molecule has 2 nitrogen and oxygen atoms in total. The Kier molecular flexibility index (Phi) is 2.09. The van der Waals surface area contributed by atoms with Crippen molar-refractivity contribution in [2.24, 2.45) is 5.73 Å². The molecule has 1 saturated heterocycles. The highest BCUT2D eigenvalue weighted by atomic mass is 15.3. The van der Waals surface area contributed by atoms with Crippen LogP contribution in [0.3, 0.4) is 0 Å². The summed E-state index contributed by atoms with van der Waals surface area (Å²) < 4.78 is 0. The third-order valence-electron chi connectivity index (χ3n) is 1.94. The number of nitrogens with zero attached hydrogens (tertiary/aromatic N) is 1. The van der Waals surface area contributed by atoms with Gasteiger partial charge in [0.2, 0.25) is 0 Å². The first-order valence-corrected chi connectivity index (χ1v) is 3.66. The van der Waals surface area contributed by atoms with E-state index < -0.39 is 0 Å². The largest absolute Gasteiger partial charge is 0.328 e. The predicted molar refractivity (Wildman–Crippen MR) is 39.3 cm³/mol. The van der Waals surface area contributed by atoms with E-state index in [0.29, 0.717) is 6.04 Å². The fourth-order valence-corrected chi connectivity index (χ4v) is 1.05. The molecule has 0 aliphatic carbocycles. The van der Waals surface area contributed by atoms with Crippen LogP contribution in [0.5, 0.6) is 0 Å². The lowest BCUT2D eigenvalue weighted by atomic mass is 10.1.